The Morgan fingerprint density at radius 3 is 2.88 bits per heavy atom. The van der Waals surface area contributed by atoms with Crippen LogP contribution in [0.15, 0.2) is 34.9 Å². The third-order valence-corrected chi connectivity index (χ3v) is 2.77. The molecule has 0 bridgehead atoms. The van der Waals surface area contributed by atoms with Gasteiger partial charge in [0.25, 0.3) is 0 Å². The lowest BCUT2D eigenvalue weighted by Gasteiger charge is -2.03. The highest BCUT2D eigenvalue weighted by Crippen LogP contribution is 2.21. The normalized spacial score (nSPS) is 10.4. The second-order valence-corrected chi connectivity index (χ2v) is 4.38. The number of rotatable bonds is 3. The molecule has 0 amide bonds. The van der Waals surface area contributed by atoms with Crippen LogP contribution in [0, 0.1) is 10.1 Å². The van der Waals surface area contributed by atoms with Crippen molar-refractivity contribution in [3.63, 3.8) is 0 Å². The minimum Gasteiger partial charge on any atom is -0.378 e. The molecule has 2 N–H and O–H groups in total. The van der Waals surface area contributed by atoms with E-state index >= 15 is 0 Å². The molecule has 0 saturated carbocycles. The Morgan fingerprint density at radius 2 is 2.29 bits per heavy atom. The summed E-state index contributed by atoms with van der Waals surface area (Å²) in [6.07, 6.45) is 1.16. The van der Waals surface area contributed by atoms with E-state index in [1.54, 1.807) is 0 Å². The number of halogens is 1. The van der Waals surface area contributed by atoms with Crippen LogP contribution in [0.2, 0.25) is 0 Å². The van der Waals surface area contributed by atoms with Crippen LogP contribution >= 0.6 is 15.9 Å². The van der Waals surface area contributed by atoms with Crippen LogP contribution < -0.4 is 5.73 Å². The Kier molecular flexibility index (Phi) is 3.10. The third-order valence-electron chi connectivity index (χ3n) is 2.28. The maximum atomic E-state index is 10.6. The van der Waals surface area contributed by atoms with Gasteiger partial charge in [-0.2, -0.15) is 5.10 Å². The van der Waals surface area contributed by atoms with Crippen molar-refractivity contribution < 1.29 is 4.92 Å². The summed E-state index contributed by atoms with van der Waals surface area (Å²) in [7, 11) is 0. The van der Waals surface area contributed by atoms with Crippen LogP contribution in [-0.2, 0) is 6.54 Å². The lowest BCUT2D eigenvalue weighted by molar-refractivity contribution is -0.384. The quantitative estimate of drug-likeness (QED) is 0.695. The number of hydrogen-bond acceptors (Lipinski definition) is 4. The Bertz CT molecular complexity index is 567. The molecule has 0 spiro atoms. The molecule has 17 heavy (non-hydrogen) atoms. The van der Waals surface area contributed by atoms with Crippen LogP contribution in [0.25, 0.3) is 0 Å². The third kappa shape index (κ3) is 2.44. The van der Waals surface area contributed by atoms with E-state index in [0.29, 0.717) is 6.54 Å². The fraction of sp³-hybridized carbons (Fsp3) is 0.100. The van der Waals surface area contributed by atoms with E-state index in [0.717, 1.165) is 16.2 Å². The van der Waals surface area contributed by atoms with Gasteiger partial charge < -0.3 is 5.73 Å². The number of nitrogen functional groups attached to an aromatic ring is 1. The molecule has 0 atom stereocenters. The first-order valence-electron chi connectivity index (χ1n) is 4.78. The van der Waals surface area contributed by atoms with Gasteiger partial charge in [-0.05, 0) is 17.7 Å². The van der Waals surface area contributed by atoms with Crippen molar-refractivity contribution in [1.29, 1.82) is 0 Å². The van der Waals surface area contributed by atoms with Crippen molar-refractivity contribution in [3.05, 3.63) is 50.6 Å². The fourth-order valence-electron chi connectivity index (χ4n) is 1.46. The van der Waals surface area contributed by atoms with E-state index < -0.39 is 4.92 Å². The summed E-state index contributed by atoms with van der Waals surface area (Å²) in [4.78, 5) is 10.1. The van der Waals surface area contributed by atoms with Gasteiger partial charge >= 0.3 is 5.69 Å². The molecular weight excluding hydrogens is 288 g/mol. The number of anilines is 1. The smallest absolute Gasteiger partial charge is 0.330 e. The summed E-state index contributed by atoms with van der Waals surface area (Å²) < 4.78 is 2.34. The molecule has 1 heterocycles. The van der Waals surface area contributed by atoms with Gasteiger partial charge in [-0.3, -0.25) is 10.1 Å². The number of nitrogens with two attached hydrogens (primary N) is 1. The van der Waals surface area contributed by atoms with Crippen LogP contribution in [0.5, 0.6) is 0 Å². The van der Waals surface area contributed by atoms with Crippen molar-refractivity contribution in [1.82, 2.24) is 9.78 Å². The zero-order chi connectivity index (χ0) is 12.4. The van der Waals surface area contributed by atoms with Gasteiger partial charge in [-0.1, -0.05) is 28.1 Å². The number of hydrogen-bond donors (Lipinski definition) is 1. The fourth-order valence-corrected chi connectivity index (χ4v) is 1.91. The maximum absolute atomic E-state index is 10.6. The molecule has 2 aromatic rings. The maximum Gasteiger partial charge on any atom is 0.330 e. The average Bonchev–Trinajstić information content (AvgIpc) is 2.61. The monoisotopic (exact) mass is 296 g/mol. The first kappa shape index (κ1) is 11.6. The molecule has 7 heteroatoms. The summed E-state index contributed by atoms with van der Waals surface area (Å²) in [5.41, 5.74) is 6.43. The summed E-state index contributed by atoms with van der Waals surface area (Å²) in [6, 6.07) is 7.59. The topological polar surface area (TPSA) is 87.0 Å². The summed E-state index contributed by atoms with van der Waals surface area (Å²) in [5.74, 6) is 0.0648. The molecule has 0 saturated heterocycles. The average molecular weight is 297 g/mol. The zero-order valence-electron chi connectivity index (χ0n) is 8.71. The van der Waals surface area contributed by atoms with Crippen LogP contribution in [0.3, 0.4) is 0 Å². The highest BCUT2D eigenvalue weighted by Gasteiger charge is 2.17. The van der Waals surface area contributed by atoms with Gasteiger partial charge in [0, 0.05) is 4.47 Å². The summed E-state index contributed by atoms with van der Waals surface area (Å²) in [5, 5.41) is 14.5. The molecule has 0 aliphatic heterocycles. The van der Waals surface area contributed by atoms with Crippen molar-refractivity contribution >= 4 is 27.4 Å². The van der Waals surface area contributed by atoms with E-state index in [-0.39, 0.29) is 11.5 Å². The van der Waals surface area contributed by atoms with Gasteiger partial charge in [0.05, 0.1) is 11.5 Å². The Balaban J connectivity index is 2.28. The van der Waals surface area contributed by atoms with Gasteiger partial charge in [0.2, 0.25) is 5.82 Å². The molecule has 0 radical (unpaired) electrons. The molecule has 0 fully saturated rings. The minimum atomic E-state index is -0.542. The molecule has 2 rings (SSSR count). The standard InChI is InChI=1S/C10H9BrN4O2/c11-8-3-1-2-7(4-8)6-14-10(12)9(5-13-14)15(16)17/h1-5H,6,12H2. The molecule has 6 nitrogen and oxygen atoms in total. The Labute approximate surface area is 105 Å². The van der Waals surface area contributed by atoms with E-state index in [1.165, 1.54) is 4.68 Å². The van der Waals surface area contributed by atoms with Crippen molar-refractivity contribution in [3.8, 4) is 0 Å². The Morgan fingerprint density at radius 1 is 1.53 bits per heavy atom. The molecular formula is C10H9BrN4O2. The predicted octanol–water partition coefficient (Wildman–Crippen LogP) is 2.18. The molecule has 88 valence electrons. The number of benzene rings is 1. The molecule has 0 aliphatic carbocycles. The highest BCUT2D eigenvalue weighted by molar-refractivity contribution is 9.10. The van der Waals surface area contributed by atoms with Gasteiger partial charge in [0.1, 0.15) is 6.20 Å². The number of nitrogens with zero attached hydrogens (tertiary/aromatic N) is 3. The SMILES string of the molecule is Nc1c([N+](=O)[O-])cnn1Cc1cccc(Br)c1. The van der Waals surface area contributed by atoms with Crippen molar-refractivity contribution in [2.45, 2.75) is 6.54 Å². The van der Waals surface area contributed by atoms with Crippen LogP contribution in [0.1, 0.15) is 5.56 Å². The first-order chi connectivity index (χ1) is 8.08. The van der Waals surface area contributed by atoms with E-state index in [9.17, 15) is 10.1 Å². The second-order valence-electron chi connectivity index (χ2n) is 3.46. The lowest BCUT2D eigenvalue weighted by Crippen LogP contribution is -2.06. The summed E-state index contributed by atoms with van der Waals surface area (Å²) in [6.45, 7) is 0.402. The molecule has 1 aromatic heterocycles. The highest BCUT2D eigenvalue weighted by atomic mass is 79.9. The first-order valence-corrected chi connectivity index (χ1v) is 5.57. The number of nitro groups is 1. The summed E-state index contributed by atoms with van der Waals surface area (Å²) >= 11 is 3.35. The Hall–Kier alpha value is -1.89. The van der Waals surface area contributed by atoms with Gasteiger partial charge in [0.15, 0.2) is 0 Å². The lowest BCUT2D eigenvalue weighted by atomic mass is 10.2. The molecule has 1 aromatic carbocycles. The zero-order valence-corrected chi connectivity index (χ0v) is 10.3. The van der Waals surface area contributed by atoms with E-state index in [4.69, 9.17) is 5.73 Å². The number of aromatic nitrogens is 2. The minimum absolute atomic E-state index is 0.0648. The van der Waals surface area contributed by atoms with E-state index in [2.05, 4.69) is 21.0 Å². The van der Waals surface area contributed by atoms with Crippen molar-refractivity contribution in [2.24, 2.45) is 0 Å². The van der Waals surface area contributed by atoms with Crippen LogP contribution in [0.4, 0.5) is 11.5 Å². The molecule has 0 unspecified atom stereocenters. The second kappa shape index (κ2) is 4.54. The van der Waals surface area contributed by atoms with E-state index in [1.807, 2.05) is 24.3 Å². The van der Waals surface area contributed by atoms with Crippen LogP contribution in [-0.4, -0.2) is 14.7 Å². The van der Waals surface area contributed by atoms with Gasteiger partial charge in [-0.15, -0.1) is 0 Å². The van der Waals surface area contributed by atoms with Crippen molar-refractivity contribution in [2.75, 3.05) is 5.73 Å². The largest absolute Gasteiger partial charge is 0.378 e. The molecule has 0 aliphatic rings. The van der Waals surface area contributed by atoms with Gasteiger partial charge in [-0.25, -0.2) is 4.68 Å². The predicted molar refractivity (Wildman–Crippen MR) is 66.5 cm³/mol.